The molecule has 28 heavy (non-hydrogen) atoms. The molecule has 0 spiro atoms. The number of hydrogen-bond donors (Lipinski definition) is 0. The van der Waals surface area contributed by atoms with Crippen molar-refractivity contribution in [3.8, 4) is 0 Å². The van der Waals surface area contributed by atoms with E-state index in [9.17, 15) is 9.59 Å². The highest BCUT2D eigenvalue weighted by Gasteiger charge is 2.63. The van der Waals surface area contributed by atoms with Gasteiger partial charge in [0.1, 0.15) is 11.9 Å². The van der Waals surface area contributed by atoms with Gasteiger partial charge in [0.05, 0.1) is 6.04 Å². The first kappa shape index (κ1) is 20.4. The van der Waals surface area contributed by atoms with Crippen molar-refractivity contribution in [1.82, 2.24) is 4.90 Å². The Labute approximate surface area is 170 Å². The third-order valence-electron chi connectivity index (χ3n) is 9.70. The molecular weight excluding hydrogens is 350 g/mol. The van der Waals surface area contributed by atoms with Crippen LogP contribution in [0.4, 0.5) is 0 Å². The summed E-state index contributed by atoms with van der Waals surface area (Å²) >= 11 is 0. The quantitative estimate of drug-likeness (QED) is 0.654. The summed E-state index contributed by atoms with van der Waals surface area (Å²) in [5, 5.41) is 0. The van der Waals surface area contributed by atoms with Crippen LogP contribution in [0.2, 0.25) is 0 Å². The summed E-state index contributed by atoms with van der Waals surface area (Å²) in [6, 6.07) is 0.0900. The number of rotatable bonds is 2. The van der Waals surface area contributed by atoms with Crippen molar-refractivity contribution in [2.75, 3.05) is 6.54 Å². The molecule has 0 aromatic rings. The number of fused-ring (bicyclic) bond motifs is 5. The Hall–Kier alpha value is -0.900. The summed E-state index contributed by atoms with van der Waals surface area (Å²) in [4.78, 5) is 26.5. The molecule has 4 fully saturated rings. The largest absolute Gasteiger partial charge is 0.463 e. The monoisotopic (exact) mass is 389 g/mol. The molecule has 0 aromatic carbocycles. The molecule has 3 unspecified atom stereocenters. The van der Waals surface area contributed by atoms with E-state index in [-0.39, 0.29) is 29.1 Å². The van der Waals surface area contributed by atoms with Crippen molar-refractivity contribution in [2.24, 2.45) is 35.0 Å². The standard InChI is InChI=1S/C24H39NO3/c1-14-13-20-18-9-12-25-15(2)21(27)8-11-24(25,6)19(18)7-10-23(20,5)22(14)16(3)28-17(4)26/h14-16,18-20,22H,7-13H2,1-6H3/t14?,15?,16?,18-,19+,20+,22-,23+,24-/m1/s1. The van der Waals surface area contributed by atoms with Crippen molar-refractivity contribution >= 4 is 11.8 Å². The Morgan fingerprint density at radius 3 is 2.57 bits per heavy atom. The van der Waals surface area contributed by atoms with Crippen LogP contribution in [0.1, 0.15) is 80.1 Å². The predicted octanol–water partition coefficient (Wildman–Crippen LogP) is 4.46. The fourth-order valence-corrected chi connectivity index (χ4v) is 8.68. The number of ether oxygens (including phenoxy) is 1. The minimum atomic E-state index is -0.151. The minimum Gasteiger partial charge on any atom is -0.463 e. The topological polar surface area (TPSA) is 46.6 Å². The lowest BCUT2D eigenvalue weighted by atomic mass is 9.51. The van der Waals surface area contributed by atoms with Gasteiger partial charge in [-0.15, -0.1) is 0 Å². The van der Waals surface area contributed by atoms with Crippen LogP contribution in [0.25, 0.3) is 0 Å². The van der Waals surface area contributed by atoms with Gasteiger partial charge in [-0.2, -0.15) is 0 Å². The zero-order chi connectivity index (χ0) is 20.4. The SMILES string of the molecule is CC(=O)OC(C)[C@H]1C(C)C[C@H]2[C@@H]3CCN4C(C)C(=O)CC[C@]4(C)[C@H]3CC[C@]12C. The van der Waals surface area contributed by atoms with Crippen molar-refractivity contribution in [1.29, 1.82) is 0 Å². The fourth-order valence-electron chi connectivity index (χ4n) is 8.68. The predicted molar refractivity (Wildman–Crippen MR) is 110 cm³/mol. The van der Waals surface area contributed by atoms with Gasteiger partial charge in [0.2, 0.25) is 0 Å². The Kier molecular flexibility index (Phi) is 4.96. The van der Waals surface area contributed by atoms with Crippen molar-refractivity contribution < 1.29 is 14.3 Å². The van der Waals surface area contributed by atoms with E-state index in [2.05, 4.69) is 39.5 Å². The molecule has 0 amide bonds. The lowest BCUT2D eigenvalue weighted by Gasteiger charge is -2.62. The number of carbonyl (C=O) groups excluding carboxylic acids is 2. The average Bonchev–Trinajstić information content (AvgIpc) is 2.88. The van der Waals surface area contributed by atoms with Crippen LogP contribution in [0.15, 0.2) is 0 Å². The van der Waals surface area contributed by atoms with Gasteiger partial charge in [0.25, 0.3) is 0 Å². The summed E-state index contributed by atoms with van der Waals surface area (Å²) in [6.07, 6.45) is 6.75. The highest BCUT2D eigenvalue weighted by molar-refractivity contribution is 5.84. The van der Waals surface area contributed by atoms with Crippen molar-refractivity contribution in [2.45, 2.75) is 97.8 Å². The first-order chi connectivity index (χ1) is 13.1. The van der Waals surface area contributed by atoms with Crippen molar-refractivity contribution in [3.05, 3.63) is 0 Å². The summed E-state index contributed by atoms with van der Waals surface area (Å²) in [7, 11) is 0. The molecule has 2 aliphatic heterocycles. The first-order valence-electron chi connectivity index (χ1n) is 11.6. The molecule has 4 heteroatoms. The second-order valence-corrected chi connectivity index (χ2v) is 11.0. The number of piperidine rings is 2. The molecule has 4 rings (SSSR count). The van der Waals surface area contributed by atoms with Gasteiger partial charge >= 0.3 is 5.97 Å². The minimum absolute atomic E-state index is 0.00190. The molecule has 4 aliphatic rings. The maximum absolute atomic E-state index is 12.4. The lowest BCUT2D eigenvalue weighted by Crippen LogP contribution is -2.67. The summed E-state index contributed by atoms with van der Waals surface area (Å²) < 4.78 is 5.70. The summed E-state index contributed by atoms with van der Waals surface area (Å²) in [6.45, 7) is 14.2. The molecule has 2 aliphatic carbocycles. The molecule has 158 valence electrons. The van der Waals surface area contributed by atoms with Gasteiger partial charge in [0.15, 0.2) is 0 Å². The van der Waals surface area contributed by atoms with Gasteiger partial charge < -0.3 is 4.74 Å². The van der Waals surface area contributed by atoms with Gasteiger partial charge in [-0.1, -0.05) is 13.8 Å². The van der Waals surface area contributed by atoms with Crippen LogP contribution in [0.3, 0.4) is 0 Å². The number of Topliss-reactive ketones (excluding diaryl/α,β-unsaturated/α-hetero) is 1. The normalized spacial score (nSPS) is 49.7. The Morgan fingerprint density at radius 1 is 1.18 bits per heavy atom. The lowest BCUT2D eigenvalue weighted by molar-refractivity contribution is -0.162. The van der Waals surface area contributed by atoms with Gasteiger partial charge in [-0.25, -0.2) is 0 Å². The highest BCUT2D eigenvalue weighted by atomic mass is 16.5. The molecule has 9 atom stereocenters. The van der Waals surface area contributed by atoms with Crippen LogP contribution in [-0.4, -0.2) is 40.9 Å². The van der Waals surface area contributed by atoms with Crippen LogP contribution < -0.4 is 0 Å². The number of ketones is 1. The van der Waals surface area contributed by atoms with E-state index < -0.39 is 0 Å². The molecule has 2 heterocycles. The molecule has 0 aromatic heterocycles. The molecule has 0 radical (unpaired) electrons. The van der Waals surface area contributed by atoms with Crippen LogP contribution in [0.5, 0.6) is 0 Å². The number of esters is 1. The van der Waals surface area contributed by atoms with E-state index in [4.69, 9.17) is 4.74 Å². The van der Waals surface area contributed by atoms with E-state index in [1.807, 2.05) is 0 Å². The summed E-state index contributed by atoms with van der Waals surface area (Å²) in [5.74, 6) is 3.50. The first-order valence-corrected chi connectivity index (χ1v) is 11.6. The number of carbonyl (C=O) groups is 2. The maximum atomic E-state index is 12.4. The van der Waals surface area contributed by atoms with Crippen LogP contribution in [-0.2, 0) is 14.3 Å². The molecule has 0 N–H and O–H groups in total. The highest BCUT2D eigenvalue weighted by Crippen LogP contribution is 2.65. The number of nitrogens with zero attached hydrogens (tertiary/aromatic N) is 1. The third-order valence-corrected chi connectivity index (χ3v) is 9.70. The van der Waals surface area contributed by atoms with E-state index in [0.717, 1.165) is 31.2 Å². The number of hydrogen-bond acceptors (Lipinski definition) is 4. The summed E-state index contributed by atoms with van der Waals surface area (Å²) in [5.41, 5.74) is 0.449. The molecule has 2 saturated carbocycles. The van der Waals surface area contributed by atoms with Crippen molar-refractivity contribution in [3.63, 3.8) is 0 Å². The smallest absolute Gasteiger partial charge is 0.302 e. The second-order valence-electron chi connectivity index (χ2n) is 11.0. The van der Waals surface area contributed by atoms with E-state index in [0.29, 0.717) is 23.5 Å². The molecule has 2 saturated heterocycles. The maximum Gasteiger partial charge on any atom is 0.302 e. The average molecular weight is 390 g/mol. The van der Waals surface area contributed by atoms with Crippen LogP contribution >= 0.6 is 0 Å². The van der Waals surface area contributed by atoms with Gasteiger partial charge in [-0.3, -0.25) is 14.5 Å². The zero-order valence-corrected chi connectivity index (χ0v) is 18.7. The van der Waals surface area contributed by atoms with E-state index >= 15 is 0 Å². The van der Waals surface area contributed by atoms with Gasteiger partial charge in [-0.05, 0) is 88.5 Å². The van der Waals surface area contributed by atoms with E-state index in [1.54, 1.807) is 0 Å². The van der Waals surface area contributed by atoms with Crippen LogP contribution in [0, 0.1) is 35.0 Å². The molecule has 0 bridgehead atoms. The third kappa shape index (κ3) is 2.80. The zero-order valence-electron chi connectivity index (χ0n) is 18.7. The molecular formula is C24H39NO3. The molecule has 4 nitrogen and oxygen atoms in total. The Bertz CT molecular complexity index is 662. The fraction of sp³-hybridized carbons (Fsp3) is 0.917. The van der Waals surface area contributed by atoms with Gasteiger partial charge in [0, 0.05) is 24.8 Å². The van der Waals surface area contributed by atoms with E-state index in [1.165, 1.54) is 32.6 Å². The Morgan fingerprint density at radius 2 is 1.89 bits per heavy atom. The second kappa shape index (κ2) is 6.82. The Balaban J connectivity index is 1.61.